The van der Waals surface area contributed by atoms with Gasteiger partial charge in [0.25, 0.3) is 0 Å². The molecule has 0 unspecified atom stereocenters. The molecule has 19 heavy (non-hydrogen) atoms. The van der Waals surface area contributed by atoms with E-state index in [0.717, 1.165) is 18.4 Å². The van der Waals surface area contributed by atoms with Gasteiger partial charge in [-0.05, 0) is 33.1 Å². The fourth-order valence-electron chi connectivity index (χ4n) is 2.25. The van der Waals surface area contributed by atoms with Crippen LogP contribution in [0.2, 0.25) is 6.04 Å². The molecule has 116 valence electrons. The first-order valence-corrected chi connectivity index (χ1v) is 9.95. The lowest BCUT2D eigenvalue weighted by atomic mass is 10.0. The van der Waals surface area contributed by atoms with Crippen molar-refractivity contribution in [2.75, 3.05) is 19.8 Å². The molecule has 0 aromatic rings. The van der Waals surface area contributed by atoms with Crippen LogP contribution in [0.1, 0.15) is 66.7 Å². The molecular formula is C15H34O3Si. The normalized spacial score (nSPS) is 12.3. The van der Waals surface area contributed by atoms with Gasteiger partial charge < -0.3 is 13.3 Å². The molecule has 0 saturated carbocycles. The minimum atomic E-state index is -2.38. The van der Waals surface area contributed by atoms with E-state index in [1.807, 2.05) is 20.8 Å². The molecule has 0 spiro atoms. The summed E-state index contributed by atoms with van der Waals surface area (Å²) in [6.45, 7) is 12.7. The summed E-state index contributed by atoms with van der Waals surface area (Å²) in [5, 5.41) is 0. The Morgan fingerprint density at radius 3 is 1.63 bits per heavy atom. The van der Waals surface area contributed by atoms with E-state index < -0.39 is 8.80 Å². The maximum atomic E-state index is 5.85. The van der Waals surface area contributed by atoms with Gasteiger partial charge in [0.2, 0.25) is 0 Å². The van der Waals surface area contributed by atoms with Crippen LogP contribution >= 0.6 is 0 Å². The average molecular weight is 291 g/mol. The second-order valence-corrected chi connectivity index (χ2v) is 8.06. The Hall–Kier alpha value is 0.0969. The van der Waals surface area contributed by atoms with Crippen molar-refractivity contribution in [2.45, 2.75) is 72.8 Å². The van der Waals surface area contributed by atoms with Crippen molar-refractivity contribution in [3.05, 3.63) is 0 Å². The van der Waals surface area contributed by atoms with Crippen LogP contribution in [0.25, 0.3) is 0 Å². The summed E-state index contributed by atoms with van der Waals surface area (Å²) in [6, 6.07) is 0.962. The van der Waals surface area contributed by atoms with E-state index in [1.54, 1.807) is 0 Å². The summed E-state index contributed by atoms with van der Waals surface area (Å²) in [5.41, 5.74) is 0. The third kappa shape index (κ3) is 9.60. The SMILES string of the molecule is CCO[Si](CCCCCCC(C)C)(OCC)OCC. The highest BCUT2D eigenvalue weighted by atomic mass is 28.4. The lowest BCUT2D eigenvalue weighted by molar-refractivity contribution is 0.0706. The summed E-state index contributed by atoms with van der Waals surface area (Å²) in [7, 11) is -2.38. The molecule has 0 aliphatic heterocycles. The van der Waals surface area contributed by atoms with Crippen molar-refractivity contribution < 1.29 is 13.3 Å². The summed E-state index contributed by atoms with van der Waals surface area (Å²) >= 11 is 0. The molecule has 0 radical (unpaired) electrons. The monoisotopic (exact) mass is 290 g/mol. The van der Waals surface area contributed by atoms with Crippen LogP contribution in [0.5, 0.6) is 0 Å². The van der Waals surface area contributed by atoms with Crippen molar-refractivity contribution >= 4 is 8.80 Å². The third-order valence-corrected chi connectivity index (χ3v) is 6.26. The van der Waals surface area contributed by atoms with E-state index in [1.165, 1.54) is 25.7 Å². The molecule has 0 aliphatic rings. The first-order valence-electron chi connectivity index (χ1n) is 8.02. The van der Waals surface area contributed by atoms with E-state index in [9.17, 15) is 0 Å². The molecule has 4 heteroatoms. The highest BCUT2D eigenvalue weighted by Crippen LogP contribution is 2.20. The molecule has 0 heterocycles. The summed E-state index contributed by atoms with van der Waals surface area (Å²) in [6.07, 6.45) is 6.40. The van der Waals surface area contributed by atoms with E-state index >= 15 is 0 Å². The van der Waals surface area contributed by atoms with Gasteiger partial charge in [0.1, 0.15) is 0 Å². The van der Waals surface area contributed by atoms with E-state index in [-0.39, 0.29) is 0 Å². The number of hydrogen-bond donors (Lipinski definition) is 0. The Kier molecular flexibility index (Phi) is 11.9. The Balaban J connectivity index is 3.96. The second kappa shape index (κ2) is 11.9. The molecule has 0 amide bonds. The molecule has 0 fully saturated rings. The number of rotatable bonds is 13. The standard InChI is InChI=1S/C15H34O3Si/c1-6-16-19(17-7-2,18-8-3)14-12-10-9-11-13-15(4)5/h15H,6-14H2,1-5H3. The first-order chi connectivity index (χ1) is 9.10. The highest BCUT2D eigenvalue weighted by Gasteiger charge is 2.39. The molecule has 0 aliphatic carbocycles. The topological polar surface area (TPSA) is 27.7 Å². The minimum Gasteiger partial charge on any atom is -0.374 e. The summed E-state index contributed by atoms with van der Waals surface area (Å²) in [4.78, 5) is 0. The van der Waals surface area contributed by atoms with E-state index in [0.29, 0.717) is 19.8 Å². The fourth-order valence-corrected chi connectivity index (χ4v) is 4.93. The van der Waals surface area contributed by atoms with Crippen molar-refractivity contribution in [2.24, 2.45) is 5.92 Å². The molecule has 0 N–H and O–H groups in total. The zero-order chi connectivity index (χ0) is 14.6. The van der Waals surface area contributed by atoms with Crippen molar-refractivity contribution in [3.8, 4) is 0 Å². The molecule has 0 aromatic heterocycles. The molecule has 0 rings (SSSR count). The molecule has 0 atom stereocenters. The maximum absolute atomic E-state index is 5.85. The van der Waals surface area contributed by atoms with Gasteiger partial charge in [0.05, 0.1) is 0 Å². The van der Waals surface area contributed by atoms with Crippen LogP contribution in [-0.4, -0.2) is 28.6 Å². The third-order valence-electron chi connectivity index (χ3n) is 3.11. The predicted octanol–water partition coefficient (Wildman–Crippen LogP) is 4.64. The Morgan fingerprint density at radius 1 is 0.737 bits per heavy atom. The number of unbranched alkanes of at least 4 members (excludes halogenated alkanes) is 3. The predicted molar refractivity (Wildman–Crippen MR) is 83.4 cm³/mol. The van der Waals surface area contributed by atoms with Gasteiger partial charge >= 0.3 is 8.80 Å². The quantitative estimate of drug-likeness (QED) is 0.365. The fraction of sp³-hybridized carbons (Fsp3) is 1.00. The lowest BCUT2D eigenvalue weighted by Crippen LogP contribution is -2.45. The Labute approximate surface area is 121 Å². The van der Waals surface area contributed by atoms with Gasteiger partial charge in [-0.15, -0.1) is 0 Å². The molecular weight excluding hydrogens is 256 g/mol. The Morgan fingerprint density at radius 2 is 1.21 bits per heavy atom. The highest BCUT2D eigenvalue weighted by molar-refractivity contribution is 6.60. The van der Waals surface area contributed by atoms with Crippen LogP contribution in [0.4, 0.5) is 0 Å². The smallest absolute Gasteiger partial charge is 0.374 e. The second-order valence-electron chi connectivity index (χ2n) is 5.33. The summed E-state index contributed by atoms with van der Waals surface area (Å²) in [5.74, 6) is 0.823. The lowest BCUT2D eigenvalue weighted by Gasteiger charge is -2.28. The zero-order valence-corrected chi connectivity index (χ0v) is 14.7. The van der Waals surface area contributed by atoms with E-state index in [2.05, 4.69) is 13.8 Å². The molecule has 3 nitrogen and oxygen atoms in total. The average Bonchev–Trinajstić information content (AvgIpc) is 2.34. The van der Waals surface area contributed by atoms with Gasteiger partial charge in [-0.1, -0.05) is 39.5 Å². The minimum absolute atomic E-state index is 0.680. The summed E-state index contributed by atoms with van der Waals surface area (Å²) < 4.78 is 17.5. The van der Waals surface area contributed by atoms with Gasteiger partial charge in [0, 0.05) is 25.9 Å². The molecule has 0 aromatic carbocycles. The van der Waals surface area contributed by atoms with Gasteiger partial charge in [-0.25, -0.2) is 0 Å². The van der Waals surface area contributed by atoms with Crippen molar-refractivity contribution in [1.82, 2.24) is 0 Å². The van der Waals surface area contributed by atoms with Gasteiger partial charge in [-0.3, -0.25) is 0 Å². The first kappa shape index (κ1) is 19.1. The van der Waals surface area contributed by atoms with Crippen LogP contribution in [0.3, 0.4) is 0 Å². The van der Waals surface area contributed by atoms with Gasteiger partial charge in [-0.2, -0.15) is 0 Å². The molecule has 0 bridgehead atoms. The maximum Gasteiger partial charge on any atom is 0.500 e. The van der Waals surface area contributed by atoms with Crippen LogP contribution in [-0.2, 0) is 13.3 Å². The van der Waals surface area contributed by atoms with Gasteiger partial charge in [0.15, 0.2) is 0 Å². The number of hydrogen-bond acceptors (Lipinski definition) is 3. The van der Waals surface area contributed by atoms with Crippen LogP contribution in [0.15, 0.2) is 0 Å². The Bertz CT molecular complexity index is 181. The van der Waals surface area contributed by atoms with E-state index in [4.69, 9.17) is 13.3 Å². The van der Waals surface area contributed by atoms with Crippen LogP contribution in [0, 0.1) is 5.92 Å². The van der Waals surface area contributed by atoms with Crippen LogP contribution < -0.4 is 0 Å². The molecule has 0 saturated heterocycles. The largest absolute Gasteiger partial charge is 0.500 e. The van der Waals surface area contributed by atoms with Crippen molar-refractivity contribution in [3.63, 3.8) is 0 Å². The zero-order valence-electron chi connectivity index (χ0n) is 13.7. The van der Waals surface area contributed by atoms with Crippen molar-refractivity contribution in [1.29, 1.82) is 0 Å².